The third kappa shape index (κ3) is 3.39. The van der Waals surface area contributed by atoms with Gasteiger partial charge in [-0.1, -0.05) is 25.1 Å². The minimum Gasteiger partial charge on any atom is -0.480 e. The summed E-state index contributed by atoms with van der Waals surface area (Å²) in [5, 5.41) is 3.41. The van der Waals surface area contributed by atoms with Crippen LogP contribution in [0.2, 0.25) is 0 Å². The summed E-state index contributed by atoms with van der Waals surface area (Å²) in [6, 6.07) is 7.89. The summed E-state index contributed by atoms with van der Waals surface area (Å²) >= 11 is 0. The van der Waals surface area contributed by atoms with Crippen LogP contribution < -0.4 is 10.1 Å². The van der Waals surface area contributed by atoms with Crippen LogP contribution in [0.4, 0.5) is 0 Å². The molecule has 1 unspecified atom stereocenters. The molecule has 1 aromatic rings. The Hall–Kier alpha value is -1.26. The monoisotopic (exact) mass is 324 g/mol. The van der Waals surface area contributed by atoms with Gasteiger partial charge in [-0.25, -0.2) is 0 Å². The van der Waals surface area contributed by atoms with Crippen molar-refractivity contribution in [1.82, 2.24) is 10.2 Å². The van der Waals surface area contributed by atoms with Crippen molar-refractivity contribution in [2.24, 2.45) is 11.8 Å². The Kier molecular flexibility index (Phi) is 5.70. The van der Waals surface area contributed by atoms with Crippen LogP contribution in [0.5, 0.6) is 5.75 Å². The minimum absolute atomic E-state index is 0. The van der Waals surface area contributed by atoms with E-state index in [0.717, 1.165) is 37.5 Å². The van der Waals surface area contributed by atoms with Crippen molar-refractivity contribution in [2.45, 2.75) is 26.4 Å². The number of ether oxygens (including phenoxy) is 1. The first-order valence-corrected chi connectivity index (χ1v) is 7.90. The van der Waals surface area contributed by atoms with Gasteiger partial charge in [-0.15, -0.1) is 12.4 Å². The fourth-order valence-electron chi connectivity index (χ4n) is 3.39. The summed E-state index contributed by atoms with van der Waals surface area (Å²) in [6.45, 7) is 7.87. The Balaban J connectivity index is 0.00000176. The van der Waals surface area contributed by atoms with Gasteiger partial charge in [0.25, 0.3) is 5.91 Å². The van der Waals surface area contributed by atoms with Crippen molar-refractivity contribution in [3.63, 3.8) is 0 Å². The summed E-state index contributed by atoms with van der Waals surface area (Å²) in [5.41, 5.74) is 1.08. The van der Waals surface area contributed by atoms with Gasteiger partial charge in [-0.05, 0) is 36.8 Å². The zero-order valence-corrected chi connectivity index (χ0v) is 14.1. The third-order valence-corrected chi connectivity index (χ3v) is 4.71. The molecule has 0 aromatic heterocycles. The number of carbonyl (C=O) groups excluding carboxylic acids is 1. The predicted molar refractivity (Wildman–Crippen MR) is 89.6 cm³/mol. The average Bonchev–Trinajstić information content (AvgIpc) is 3.07. The fourth-order valence-corrected chi connectivity index (χ4v) is 3.39. The van der Waals surface area contributed by atoms with E-state index >= 15 is 0 Å². The third-order valence-electron chi connectivity index (χ3n) is 4.71. The molecule has 3 atom stereocenters. The van der Waals surface area contributed by atoms with Crippen molar-refractivity contribution < 1.29 is 9.53 Å². The van der Waals surface area contributed by atoms with Gasteiger partial charge in [0.15, 0.2) is 6.10 Å². The second-order valence-corrected chi connectivity index (χ2v) is 6.20. The van der Waals surface area contributed by atoms with Crippen LogP contribution in [-0.2, 0) is 4.79 Å². The predicted octanol–water partition coefficient (Wildman–Crippen LogP) is 2.25. The number of hydrogen-bond donors (Lipinski definition) is 1. The van der Waals surface area contributed by atoms with E-state index in [1.807, 2.05) is 43.0 Å². The van der Waals surface area contributed by atoms with E-state index in [9.17, 15) is 4.79 Å². The van der Waals surface area contributed by atoms with E-state index in [0.29, 0.717) is 18.3 Å². The number of aryl methyl sites for hydroxylation is 1. The first kappa shape index (κ1) is 17.1. The Morgan fingerprint density at radius 1 is 1.32 bits per heavy atom. The molecular formula is C17H25ClN2O2. The van der Waals surface area contributed by atoms with Crippen molar-refractivity contribution >= 4 is 18.3 Å². The van der Waals surface area contributed by atoms with E-state index in [1.54, 1.807) is 0 Å². The zero-order chi connectivity index (χ0) is 14.8. The van der Waals surface area contributed by atoms with Gasteiger partial charge in [0.2, 0.25) is 0 Å². The number of rotatable bonds is 4. The first-order chi connectivity index (χ1) is 10.2. The maximum absolute atomic E-state index is 12.7. The zero-order valence-electron chi connectivity index (χ0n) is 13.2. The molecule has 0 saturated carbocycles. The average molecular weight is 325 g/mol. The molecule has 2 aliphatic rings. The summed E-state index contributed by atoms with van der Waals surface area (Å²) in [7, 11) is 0. The molecule has 0 bridgehead atoms. The molecule has 0 spiro atoms. The molecule has 2 heterocycles. The Morgan fingerprint density at radius 2 is 1.95 bits per heavy atom. The molecule has 1 amide bonds. The van der Waals surface area contributed by atoms with Gasteiger partial charge >= 0.3 is 0 Å². The molecule has 0 aliphatic carbocycles. The summed E-state index contributed by atoms with van der Waals surface area (Å²) in [5.74, 6) is 2.23. The molecule has 1 aromatic carbocycles. The van der Waals surface area contributed by atoms with E-state index in [-0.39, 0.29) is 24.4 Å². The minimum atomic E-state index is -0.363. The number of likely N-dealkylation sites (tertiary alicyclic amines) is 1. The molecule has 4 nitrogen and oxygen atoms in total. The second-order valence-electron chi connectivity index (χ2n) is 6.20. The van der Waals surface area contributed by atoms with Crippen LogP contribution in [0.25, 0.3) is 0 Å². The highest BCUT2D eigenvalue weighted by Crippen LogP contribution is 2.28. The lowest BCUT2D eigenvalue weighted by molar-refractivity contribution is -0.138. The number of amides is 1. The van der Waals surface area contributed by atoms with Crippen molar-refractivity contribution in [3.8, 4) is 5.75 Å². The van der Waals surface area contributed by atoms with Crippen LogP contribution >= 0.6 is 12.4 Å². The Morgan fingerprint density at radius 3 is 2.55 bits per heavy atom. The van der Waals surface area contributed by atoms with Gasteiger partial charge in [-0.2, -0.15) is 0 Å². The molecule has 3 rings (SSSR count). The second kappa shape index (κ2) is 7.34. The van der Waals surface area contributed by atoms with Gasteiger partial charge in [0.05, 0.1) is 0 Å². The maximum Gasteiger partial charge on any atom is 0.263 e. The van der Waals surface area contributed by atoms with Crippen LogP contribution in [0.15, 0.2) is 24.3 Å². The lowest BCUT2D eigenvalue weighted by Crippen LogP contribution is -2.41. The van der Waals surface area contributed by atoms with Crippen LogP contribution in [0.1, 0.15) is 18.9 Å². The van der Waals surface area contributed by atoms with E-state index in [2.05, 4.69) is 5.32 Å². The number of fused-ring (bicyclic) bond motifs is 1. The van der Waals surface area contributed by atoms with Gasteiger partial charge < -0.3 is 15.0 Å². The lowest BCUT2D eigenvalue weighted by Gasteiger charge is -2.24. The standard InChI is InChI=1S/C17H24N2O2.ClH/c1-3-15(21-16-7-5-4-6-12(16)2)17(20)19-10-13-8-18-9-14(13)11-19;/h4-7,13-15,18H,3,8-11H2,1-2H3;1H/t13-,14+,15?;. The molecule has 0 radical (unpaired) electrons. The highest BCUT2D eigenvalue weighted by atomic mass is 35.5. The first-order valence-electron chi connectivity index (χ1n) is 7.90. The van der Waals surface area contributed by atoms with Crippen molar-refractivity contribution in [3.05, 3.63) is 29.8 Å². The number of nitrogens with one attached hydrogen (secondary N) is 1. The van der Waals surface area contributed by atoms with E-state index < -0.39 is 0 Å². The Bertz CT molecular complexity index is 511. The number of para-hydroxylation sites is 1. The van der Waals surface area contributed by atoms with E-state index in [1.165, 1.54) is 0 Å². The van der Waals surface area contributed by atoms with Crippen LogP contribution in [-0.4, -0.2) is 43.1 Å². The molecule has 2 aliphatic heterocycles. The molecule has 2 saturated heterocycles. The summed E-state index contributed by atoms with van der Waals surface area (Å²) in [6.07, 6.45) is 0.343. The number of benzene rings is 1. The molecule has 1 N–H and O–H groups in total. The SMILES string of the molecule is CCC(Oc1ccccc1C)C(=O)N1C[C@H]2CNC[C@H]2C1.Cl. The quantitative estimate of drug-likeness (QED) is 0.923. The molecular weight excluding hydrogens is 300 g/mol. The number of halogens is 1. The number of carbonyl (C=O) groups is 1. The smallest absolute Gasteiger partial charge is 0.263 e. The highest BCUT2D eigenvalue weighted by molar-refractivity contribution is 5.85. The number of hydrogen-bond acceptors (Lipinski definition) is 3. The van der Waals surface area contributed by atoms with Crippen LogP contribution in [0, 0.1) is 18.8 Å². The van der Waals surface area contributed by atoms with Gasteiger partial charge in [-0.3, -0.25) is 4.79 Å². The molecule has 122 valence electrons. The van der Waals surface area contributed by atoms with Gasteiger partial charge in [0, 0.05) is 26.2 Å². The van der Waals surface area contributed by atoms with Crippen molar-refractivity contribution in [2.75, 3.05) is 26.2 Å². The molecule has 5 heteroatoms. The van der Waals surface area contributed by atoms with Crippen molar-refractivity contribution in [1.29, 1.82) is 0 Å². The summed E-state index contributed by atoms with van der Waals surface area (Å²) < 4.78 is 5.98. The Labute approximate surface area is 138 Å². The maximum atomic E-state index is 12.7. The lowest BCUT2D eigenvalue weighted by atomic mass is 10.0. The fraction of sp³-hybridized carbons (Fsp3) is 0.588. The highest BCUT2D eigenvalue weighted by Gasteiger charge is 2.40. The molecule has 22 heavy (non-hydrogen) atoms. The number of nitrogens with zero attached hydrogens (tertiary/aromatic N) is 1. The summed E-state index contributed by atoms with van der Waals surface area (Å²) in [4.78, 5) is 14.7. The largest absolute Gasteiger partial charge is 0.480 e. The van der Waals surface area contributed by atoms with E-state index in [4.69, 9.17) is 4.74 Å². The normalized spacial score (nSPS) is 24.5. The van der Waals surface area contributed by atoms with Gasteiger partial charge in [0.1, 0.15) is 5.75 Å². The van der Waals surface area contributed by atoms with Crippen LogP contribution in [0.3, 0.4) is 0 Å². The topological polar surface area (TPSA) is 41.6 Å². The molecule has 2 fully saturated rings.